The zero-order valence-electron chi connectivity index (χ0n) is 24.7. The average molecular weight is 625 g/mol. The van der Waals surface area contributed by atoms with Crippen LogP contribution in [0.5, 0.6) is 11.5 Å². The van der Waals surface area contributed by atoms with Gasteiger partial charge < -0.3 is 24.8 Å². The SMILES string of the molecule is O=C1COc2c(CCCCCN(C(=O)CCOCCc3cccc(F)c3)C3CCCCC3)ccc(O)c2N1.O=CC(F)(F)F. The van der Waals surface area contributed by atoms with E-state index in [0.29, 0.717) is 43.5 Å². The number of nitrogens with zero attached hydrogens (tertiary/aromatic N) is 1. The minimum Gasteiger partial charge on any atom is -0.506 e. The van der Waals surface area contributed by atoms with Crippen LogP contribution < -0.4 is 10.1 Å². The summed E-state index contributed by atoms with van der Waals surface area (Å²) in [5.74, 6) is 0.205. The predicted molar refractivity (Wildman–Crippen MR) is 156 cm³/mol. The molecule has 0 spiro atoms. The van der Waals surface area contributed by atoms with Crippen LogP contribution in [0.15, 0.2) is 36.4 Å². The van der Waals surface area contributed by atoms with Crippen molar-refractivity contribution in [1.29, 1.82) is 0 Å². The van der Waals surface area contributed by atoms with Gasteiger partial charge >= 0.3 is 6.18 Å². The Labute approximate surface area is 254 Å². The van der Waals surface area contributed by atoms with E-state index in [1.165, 1.54) is 31.4 Å². The summed E-state index contributed by atoms with van der Waals surface area (Å²) >= 11 is 0. The number of ether oxygens (including phenoxy) is 2. The van der Waals surface area contributed by atoms with Crippen LogP contribution in [0.25, 0.3) is 0 Å². The minimum atomic E-state index is -4.64. The summed E-state index contributed by atoms with van der Waals surface area (Å²) in [6.07, 6.45) is 4.56. The van der Waals surface area contributed by atoms with Gasteiger partial charge in [0.25, 0.3) is 5.91 Å². The van der Waals surface area contributed by atoms with Crippen LogP contribution in [0.3, 0.4) is 0 Å². The molecule has 1 heterocycles. The molecule has 0 unspecified atom stereocenters. The Bertz CT molecular complexity index is 1230. The van der Waals surface area contributed by atoms with Crippen LogP contribution in [0.1, 0.15) is 68.9 Å². The van der Waals surface area contributed by atoms with Crippen LogP contribution in [0.2, 0.25) is 0 Å². The molecule has 12 heteroatoms. The first-order chi connectivity index (χ1) is 21.1. The normalized spacial score (nSPS) is 14.9. The van der Waals surface area contributed by atoms with E-state index in [9.17, 15) is 32.3 Å². The number of hydrogen-bond acceptors (Lipinski definition) is 6. The molecule has 0 atom stereocenters. The zero-order valence-corrected chi connectivity index (χ0v) is 24.7. The largest absolute Gasteiger partial charge is 0.506 e. The Morgan fingerprint density at radius 3 is 2.52 bits per heavy atom. The molecule has 8 nitrogen and oxygen atoms in total. The van der Waals surface area contributed by atoms with E-state index in [-0.39, 0.29) is 30.0 Å². The van der Waals surface area contributed by atoms with Crippen molar-refractivity contribution in [3.05, 3.63) is 53.3 Å². The number of phenols is 1. The van der Waals surface area contributed by atoms with Gasteiger partial charge in [-0.05, 0) is 67.9 Å². The highest BCUT2D eigenvalue weighted by Gasteiger charge is 2.26. The highest BCUT2D eigenvalue weighted by molar-refractivity contribution is 5.97. The molecule has 2 aliphatic rings. The van der Waals surface area contributed by atoms with Gasteiger partial charge in [0, 0.05) is 12.6 Å². The number of halogens is 4. The molecule has 4 rings (SSSR count). The lowest BCUT2D eigenvalue weighted by molar-refractivity contribution is -0.156. The molecular formula is C32H40F4N2O6. The highest BCUT2D eigenvalue weighted by atomic mass is 19.4. The lowest BCUT2D eigenvalue weighted by Gasteiger charge is -2.34. The summed E-state index contributed by atoms with van der Waals surface area (Å²) in [5.41, 5.74) is 2.21. The predicted octanol–water partition coefficient (Wildman–Crippen LogP) is 6.13. The van der Waals surface area contributed by atoms with Gasteiger partial charge in [-0.15, -0.1) is 0 Å². The van der Waals surface area contributed by atoms with Crippen molar-refractivity contribution in [2.24, 2.45) is 0 Å². The van der Waals surface area contributed by atoms with Crippen molar-refractivity contribution in [2.75, 3.05) is 31.7 Å². The van der Waals surface area contributed by atoms with Crippen molar-refractivity contribution < 1.29 is 46.5 Å². The number of aldehydes is 1. The molecule has 1 saturated carbocycles. The average Bonchev–Trinajstić information content (AvgIpc) is 3.00. The smallest absolute Gasteiger partial charge is 0.446 e. The minimum absolute atomic E-state index is 0.0105. The van der Waals surface area contributed by atoms with E-state index in [0.717, 1.165) is 56.2 Å². The molecule has 0 radical (unpaired) electrons. The fraction of sp³-hybridized carbons (Fsp3) is 0.531. The van der Waals surface area contributed by atoms with Crippen molar-refractivity contribution in [3.63, 3.8) is 0 Å². The number of carbonyl (C=O) groups excluding carboxylic acids is 3. The van der Waals surface area contributed by atoms with E-state index in [2.05, 4.69) is 10.2 Å². The van der Waals surface area contributed by atoms with Gasteiger partial charge in [0.15, 0.2) is 12.4 Å². The molecule has 2 amide bonds. The summed E-state index contributed by atoms with van der Waals surface area (Å²) in [6.45, 7) is 1.54. The molecule has 1 aliphatic carbocycles. The first-order valence-corrected chi connectivity index (χ1v) is 15.0. The summed E-state index contributed by atoms with van der Waals surface area (Å²) in [5, 5.41) is 12.7. The van der Waals surface area contributed by atoms with Gasteiger partial charge in [-0.1, -0.05) is 43.9 Å². The van der Waals surface area contributed by atoms with Crippen molar-refractivity contribution >= 4 is 23.8 Å². The lowest BCUT2D eigenvalue weighted by Crippen LogP contribution is -2.42. The molecule has 242 valence electrons. The fourth-order valence-corrected chi connectivity index (χ4v) is 5.38. The van der Waals surface area contributed by atoms with Gasteiger partial charge in [-0.25, -0.2) is 4.39 Å². The Morgan fingerprint density at radius 1 is 1.07 bits per heavy atom. The van der Waals surface area contributed by atoms with Crippen LogP contribution in [0.4, 0.5) is 23.2 Å². The van der Waals surface area contributed by atoms with E-state index in [1.807, 2.05) is 12.1 Å². The summed E-state index contributed by atoms with van der Waals surface area (Å²) < 4.78 is 55.9. The maximum Gasteiger partial charge on any atom is 0.446 e. The number of amides is 2. The van der Waals surface area contributed by atoms with Gasteiger partial charge in [0.2, 0.25) is 12.2 Å². The maximum absolute atomic E-state index is 13.3. The number of phenolic OH excluding ortho intramolecular Hbond substituents is 1. The third-order valence-corrected chi connectivity index (χ3v) is 7.53. The van der Waals surface area contributed by atoms with E-state index < -0.39 is 12.5 Å². The Morgan fingerprint density at radius 2 is 1.82 bits per heavy atom. The molecule has 1 fully saturated rings. The van der Waals surface area contributed by atoms with Crippen molar-refractivity contribution in [1.82, 2.24) is 4.90 Å². The van der Waals surface area contributed by atoms with Crippen molar-refractivity contribution in [3.8, 4) is 11.5 Å². The zero-order chi connectivity index (χ0) is 32.0. The number of hydrogen-bond donors (Lipinski definition) is 2. The molecule has 2 aromatic rings. The van der Waals surface area contributed by atoms with Crippen LogP contribution in [-0.4, -0.2) is 66.7 Å². The molecule has 2 N–H and O–H groups in total. The van der Waals surface area contributed by atoms with Crippen LogP contribution >= 0.6 is 0 Å². The van der Waals surface area contributed by atoms with E-state index >= 15 is 0 Å². The van der Waals surface area contributed by atoms with Crippen LogP contribution in [0, 0.1) is 5.82 Å². The number of benzene rings is 2. The standard InChI is InChI=1S/C30H39FN2O5.C2HF3O/c31-24-10-7-8-22(20-24)15-18-37-19-16-28(36)33(25-11-4-1-5-12-25)17-6-2-3-9-23-13-14-26(34)29-30(23)38-21-27(35)32-29;3-2(4,5)1-6/h7-8,10,13-14,20,25,34H,1-6,9,11-12,15-19,21H2,(H,32,35);1H. The third-order valence-electron chi connectivity index (χ3n) is 7.53. The number of rotatable bonds is 13. The molecule has 44 heavy (non-hydrogen) atoms. The summed E-state index contributed by atoms with van der Waals surface area (Å²) in [6, 6.07) is 10.3. The summed E-state index contributed by atoms with van der Waals surface area (Å²) in [4.78, 5) is 35.5. The van der Waals surface area contributed by atoms with E-state index in [1.54, 1.807) is 12.1 Å². The van der Waals surface area contributed by atoms with Gasteiger partial charge in [-0.3, -0.25) is 14.4 Å². The Balaban J connectivity index is 0.000000801. The Kier molecular flexibility index (Phi) is 13.9. The number of alkyl halides is 3. The second-order valence-electron chi connectivity index (χ2n) is 10.9. The van der Waals surface area contributed by atoms with E-state index in [4.69, 9.17) is 14.3 Å². The maximum atomic E-state index is 13.3. The number of anilines is 1. The lowest BCUT2D eigenvalue weighted by atomic mass is 9.93. The third kappa shape index (κ3) is 11.8. The number of fused-ring (bicyclic) bond motifs is 1. The molecule has 0 bridgehead atoms. The number of unbranched alkanes of at least 4 members (excludes halogenated alkanes) is 2. The molecule has 1 aliphatic heterocycles. The van der Waals surface area contributed by atoms with Crippen LogP contribution in [-0.2, 0) is 32.0 Å². The van der Waals surface area contributed by atoms with Gasteiger partial charge in [0.1, 0.15) is 17.3 Å². The highest BCUT2D eigenvalue weighted by Crippen LogP contribution is 2.39. The topological polar surface area (TPSA) is 105 Å². The fourth-order valence-electron chi connectivity index (χ4n) is 5.38. The Hall–Kier alpha value is -3.67. The monoisotopic (exact) mass is 624 g/mol. The van der Waals surface area contributed by atoms with Gasteiger partial charge in [0.05, 0.1) is 19.6 Å². The number of aryl methyl sites for hydroxylation is 1. The molecule has 0 aromatic heterocycles. The molecule has 0 saturated heterocycles. The number of carbonyl (C=O) groups is 3. The number of nitrogens with one attached hydrogen (secondary N) is 1. The second kappa shape index (κ2) is 17.6. The summed E-state index contributed by atoms with van der Waals surface area (Å²) in [7, 11) is 0. The van der Waals surface area contributed by atoms with Gasteiger partial charge in [-0.2, -0.15) is 13.2 Å². The first kappa shape index (κ1) is 34.8. The number of aromatic hydroxyl groups is 1. The second-order valence-corrected chi connectivity index (χ2v) is 10.9. The quantitative estimate of drug-likeness (QED) is 0.120. The van der Waals surface area contributed by atoms with Crippen molar-refractivity contribution in [2.45, 2.75) is 82.8 Å². The first-order valence-electron chi connectivity index (χ1n) is 15.0. The molecule has 2 aromatic carbocycles. The molecular weight excluding hydrogens is 584 g/mol.